The Labute approximate surface area is 120 Å². The Morgan fingerprint density at radius 2 is 2.20 bits per heavy atom. The van der Waals surface area contributed by atoms with E-state index in [0.29, 0.717) is 13.0 Å². The Balaban J connectivity index is 3.26. The van der Waals surface area contributed by atoms with Crippen molar-refractivity contribution in [3.05, 3.63) is 33.1 Å². The van der Waals surface area contributed by atoms with Gasteiger partial charge in [-0.3, -0.25) is 14.9 Å². The van der Waals surface area contributed by atoms with E-state index in [1.165, 1.54) is 12.0 Å². The van der Waals surface area contributed by atoms with Gasteiger partial charge in [-0.15, -0.1) is 0 Å². The third-order valence-corrected chi connectivity index (χ3v) is 2.89. The molecule has 0 aliphatic rings. The molecule has 0 saturated carbocycles. The van der Waals surface area contributed by atoms with Crippen molar-refractivity contribution in [3.8, 4) is 0 Å². The fourth-order valence-electron chi connectivity index (χ4n) is 1.70. The first kappa shape index (κ1) is 16.2. The summed E-state index contributed by atoms with van der Waals surface area (Å²) in [4.78, 5) is 23.1. The molecule has 1 aromatic rings. The number of hydrogen-bond acceptors (Lipinski definition) is 5. The number of hydrogen-bond donors (Lipinski definition) is 0. The Bertz CT molecular complexity index is 524. The molecule has 0 aliphatic carbocycles. The predicted molar refractivity (Wildman–Crippen MR) is 72.6 cm³/mol. The molecule has 0 aromatic heterocycles. The summed E-state index contributed by atoms with van der Waals surface area (Å²) in [6, 6.07) is 1.89. The van der Waals surface area contributed by atoms with Crippen LogP contribution in [0.25, 0.3) is 0 Å². The summed E-state index contributed by atoms with van der Waals surface area (Å²) in [5.41, 5.74) is -0.349. The molecule has 0 unspecified atom stereocenters. The van der Waals surface area contributed by atoms with Crippen LogP contribution >= 0.6 is 11.6 Å². The minimum atomic E-state index is -0.779. The Morgan fingerprint density at radius 3 is 2.70 bits per heavy atom. The van der Waals surface area contributed by atoms with Crippen LogP contribution in [-0.2, 0) is 9.53 Å². The molecule has 8 heteroatoms. The number of anilines is 1. The molecule has 0 saturated heterocycles. The molecule has 110 valence electrons. The Hall–Kier alpha value is -1.89. The van der Waals surface area contributed by atoms with Crippen molar-refractivity contribution in [1.29, 1.82) is 0 Å². The van der Waals surface area contributed by atoms with Gasteiger partial charge in [0.1, 0.15) is 18.0 Å². The van der Waals surface area contributed by atoms with Gasteiger partial charge in [0.2, 0.25) is 0 Å². The van der Waals surface area contributed by atoms with Crippen LogP contribution in [0.15, 0.2) is 12.1 Å². The van der Waals surface area contributed by atoms with E-state index in [0.717, 1.165) is 12.1 Å². The van der Waals surface area contributed by atoms with Gasteiger partial charge in [-0.1, -0.05) is 18.5 Å². The number of ether oxygens (including phenoxy) is 1. The number of benzene rings is 1. The zero-order valence-electron chi connectivity index (χ0n) is 11.1. The van der Waals surface area contributed by atoms with E-state index in [4.69, 9.17) is 11.6 Å². The molecule has 0 N–H and O–H groups in total. The first-order valence-corrected chi connectivity index (χ1v) is 6.23. The second-order valence-electron chi connectivity index (χ2n) is 4.01. The minimum absolute atomic E-state index is 0.00384. The number of nitrogens with zero attached hydrogens (tertiary/aromatic N) is 2. The molecule has 0 atom stereocenters. The van der Waals surface area contributed by atoms with Gasteiger partial charge in [0.05, 0.1) is 17.1 Å². The van der Waals surface area contributed by atoms with E-state index in [1.54, 1.807) is 0 Å². The van der Waals surface area contributed by atoms with Crippen molar-refractivity contribution in [1.82, 2.24) is 0 Å². The van der Waals surface area contributed by atoms with Crippen LogP contribution in [-0.4, -0.2) is 31.1 Å². The lowest BCUT2D eigenvalue weighted by molar-refractivity contribution is -0.384. The van der Waals surface area contributed by atoms with E-state index < -0.39 is 16.7 Å². The molecule has 1 rings (SSSR count). The maximum atomic E-state index is 13.5. The molecule has 1 aromatic carbocycles. The average Bonchev–Trinajstić information content (AvgIpc) is 2.40. The van der Waals surface area contributed by atoms with Crippen LogP contribution in [0.5, 0.6) is 0 Å². The van der Waals surface area contributed by atoms with Crippen molar-refractivity contribution in [2.24, 2.45) is 0 Å². The van der Waals surface area contributed by atoms with E-state index in [2.05, 4.69) is 4.74 Å². The average molecular weight is 305 g/mol. The van der Waals surface area contributed by atoms with Crippen LogP contribution < -0.4 is 4.90 Å². The van der Waals surface area contributed by atoms with E-state index in [1.807, 2.05) is 6.92 Å². The van der Waals surface area contributed by atoms with Crippen molar-refractivity contribution >= 4 is 28.9 Å². The zero-order valence-corrected chi connectivity index (χ0v) is 11.8. The first-order valence-electron chi connectivity index (χ1n) is 5.85. The van der Waals surface area contributed by atoms with Crippen LogP contribution in [0.1, 0.15) is 13.3 Å². The predicted octanol–water partition coefficient (Wildman–Crippen LogP) is 2.78. The summed E-state index contributed by atoms with van der Waals surface area (Å²) in [6.07, 6.45) is 0.623. The number of nitro benzene ring substituents is 1. The SMILES string of the molecule is CCCN(CC(=O)OC)c1cc(F)c(Cl)cc1[N+](=O)[O-]. The molecule has 0 aliphatic heterocycles. The second-order valence-corrected chi connectivity index (χ2v) is 4.42. The molecule has 0 radical (unpaired) electrons. The van der Waals surface area contributed by atoms with Gasteiger partial charge < -0.3 is 9.64 Å². The number of carbonyl (C=O) groups is 1. The highest BCUT2D eigenvalue weighted by atomic mass is 35.5. The summed E-state index contributed by atoms with van der Waals surface area (Å²) in [7, 11) is 1.21. The molecular weight excluding hydrogens is 291 g/mol. The number of carbonyl (C=O) groups excluding carboxylic acids is 1. The molecule has 0 spiro atoms. The summed E-state index contributed by atoms with van der Waals surface area (Å²) in [5.74, 6) is -1.35. The first-order chi connectivity index (χ1) is 9.40. The Kier molecular flexibility index (Phi) is 5.69. The second kappa shape index (κ2) is 7.04. The summed E-state index contributed by atoms with van der Waals surface area (Å²) in [5, 5.41) is 10.7. The lowest BCUT2D eigenvalue weighted by Crippen LogP contribution is -2.31. The van der Waals surface area contributed by atoms with Crippen molar-refractivity contribution in [2.45, 2.75) is 13.3 Å². The standard InChI is InChI=1S/C12H14ClFN2O4/c1-3-4-15(7-12(17)20-2)10-6-9(14)8(13)5-11(10)16(18)19/h5-6H,3-4,7H2,1-2H3. The molecular formula is C12H14ClFN2O4. The monoisotopic (exact) mass is 304 g/mol. The van der Waals surface area contributed by atoms with Gasteiger partial charge in [0.15, 0.2) is 0 Å². The molecule has 0 fully saturated rings. The number of methoxy groups -OCH3 is 1. The lowest BCUT2D eigenvalue weighted by atomic mass is 10.2. The van der Waals surface area contributed by atoms with Gasteiger partial charge in [0, 0.05) is 18.7 Å². The Morgan fingerprint density at radius 1 is 1.55 bits per heavy atom. The van der Waals surface area contributed by atoms with Gasteiger partial charge in [-0.25, -0.2) is 4.39 Å². The fraction of sp³-hybridized carbons (Fsp3) is 0.417. The maximum absolute atomic E-state index is 13.5. The number of nitro groups is 1. The third-order valence-electron chi connectivity index (χ3n) is 2.60. The molecule has 6 nitrogen and oxygen atoms in total. The highest BCUT2D eigenvalue weighted by molar-refractivity contribution is 6.31. The topological polar surface area (TPSA) is 72.7 Å². The van der Waals surface area contributed by atoms with Gasteiger partial charge in [-0.05, 0) is 6.42 Å². The van der Waals surface area contributed by atoms with Gasteiger partial charge in [0.25, 0.3) is 5.69 Å². The number of esters is 1. The van der Waals surface area contributed by atoms with E-state index in [-0.39, 0.29) is 22.9 Å². The summed E-state index contributed by atoms with van der Waals surface area (Å²) < 4.78 is 18.1. The van der Waals surface area contributed by atoms with Gasteiger partial charge in [-0.2, -0.15) is 0 Å². The van der Waals surface area contributed by atoms with Gasteiger partial charge >= 0.3 is 5.97 Å². The largest absolute Gasteiger partial charge is 0.468 e. The van der Waals surface area contributed by atoms with Crippen LogP contribution in [0.4, 0.5) is 15.8 Å². The van der Waals surface area contributed by atoms with E-state index in [9.17, 15) is 19.3 Å². The van der Waals surface area contributed by atoms with Crippen LogP contribution in [0, 0.1) is 15.9 Å². The zero-order chi connectivity index (χ0) is 15.3. The minimum Gasteiger partial charge on any atom is -0.468 e. The highest BCUT2D eigenvalue weighted by Gasteiger charge is 2.23. The molecule has 0 bridgehead atoms. The maximum Gasteiger partial charge on any atom is 0.325 e. The summed E-state index contributed by atoms with van der Waals surface area (Å²) in [6.45, 7) is 1.98. The molecule has 20 heavy (non-hydrogen) atoms. The van der Waals surface area contributed by atoms with Crippen molar-refractivity contribution < 1.29 is 18.8 Å². The highest BCUT2D eigenvalue weighted by Crippen LogP contribution is 2.33. The number of halogens is 2. The quantitative estimate of drug-likeness (QED) is 0.459. The number of rotatable bonds is 6. The fourth-order valence-corrected chi connectivity index (χ4v) is 1.86. The molecule has 0 heterocycles. The van der Waals surface area contributed by atoms with Crippen molar-refractivity contribution in [3.63, 3.8) is 0 Å². The van der Waals surface area contributed by atoms with Crippen LogP contribution in [0.2, 0.25) is 5.02 Å². The third kappa shape index (κ3) is 3.80. The smallest absolute Gasteiger partial charge is 0.325 e. The lowest BCUT2D eigenvalue weighted by Gasteiger charge is -2.22. The van der Waals surface area contributed by atoms with E-state index >= 15 is 0 Å². The van der Waals surface area contributed by atoms with Crippen molar-refractivity contribution in [2.75, 3.05) is 25.1 Å². The molecule has 0 amide bonds. The normalized spacial score (nSPS) is 10.2. The summed E-state index contributed by atoms with van der Waals surface area (Å²) >= 11 is 5.56. The van der Waals surface area contributed by atoms with Crippen LogP contribution in [0.3, 0.4) is 0 Å².